The monoisotopic (exact) mass is 253 g/mol. The summed E-state index contributed by atoms with van der Waals surface area (Å²) >= 11 is 0. The lowest BCUT2D eigenvalue weighted by Crippen LogP contribution is -2.48. The summed E-state index contributed by atoms with van der Waals surface area (Å²) in [5.74, 6) is -0.716. The molecule has 0 aromatic heterocycles. The van der Waals surface area contributed by atoms with Gasteiger partial charge in [0.1, 0.15) is 0 Å². The molecular weight excluding hydrogens is 226 g/mol. The van der Waals surface area contributed by atoms with Crippen molar-refractivity contribution in [1.29, 1.82) is 0 Å². The van der Waals surface area contributed by atoms with Crippen LogP contribution in [0.4, 0.5) is 0 Å². The maximum atomic E-state index is 11.4. The number of carboxylic acids is 1. The van der Waals surface area contributed by atoms with E-state index in [2.05, 4.69) is 11.9 Å². The number of rotatable bonds is 3. The number of hydrogen-bond donors (Lipinski definition) is 1. The minimum absolute atomic E-state index is 0.132. The zero-order valence-corrected chi connectivity index (χ0v) is 11.6. The van der Waals surface area contributed by atoms with E-state index in [1.165, 1.54) is 44.9 Å². The van der Waals surface area contributed by atoms with Crippen molar-refractivity contribution in [3.8, 4) is 0 Å². The third-order valence-corrected chi connectivity index (χ3v) is 4.97. The Kier molecular flexibility index (Phi) is 5.04. The summed E-state index contributed by atoms with van der Waals surface area (Å²) in [4.78, 5) is 13.8. The summed E-state index contributed by atoms with van der Waals surface area (Å²) in [6, 6.07) is 0.900. The van der Waals surface area contributed by atoms with Crippen molar-refractivity contribution in [2.24, 2.45) is 5.92 Å². The first-order valence-electron chi connectivity index (χ1n) is 7.65. The lowest BCUT2D eigenvalue weighted by atomic mass is 9.82. The van der Waals surface area contributed by atoms with Crippen molar-refractivity contribution in [2.75, 3.05) is 7.05 Å². The first-order chi connectivity index (χ1) is 8.70. The second-order valence-corrected chi connectivity index (χ2v) is 6.11. The predicted octanol–water partition coefficient (Wildman–Crippen LogP) is 3.28. The molecule has 3 heteroatoms. The molecule has 104 valence electrons. The quantitative estimate of drug-likeness (QED) is 0.785. The van der Waals surface area contributed by atoms with Gasteiger partial charge in [0, 0.05) is 12.1 Å². The lowest BCUT2D eigenvalue weighted by molar-refractivity contribution is -0.145. The molecule has 0 heterocycles. The van der Waals surface area contributed by atoms with Gasteiger partial charge in [-0.25, -0.2) is 0 Å². The molecule has 0 aromatic rings. The van der Waals surface area contributed by atoms with Crippen LogP contribution in [0.15, 0.2) is 0 Å². The highest BCUT2D eigenvalue weighted by molar-refractivity contribution is 5.71. The topological polar surface area (TPSA) is 40.5 Å². The van der Waals surface area contributed by atoms with Crippen molar-refractivity contribution in [3.63, 3.8) is 0 Å². The van der Waals surface area contributed by atoms with Crippen LogP contribution in [-0.4, -0.2) is 35.1 Å². The largest absolute Gasteiger partial charge is 0.481 e. The molecule has 0 radical (unpaired) electrons. The highest BCUT2D eigenvalue weighted by Crippen LogP contribution is 2.32. The third kappa shape index (κ3) is 3.25. The zero-order chi connectivity index (χ0) is 13.0. The average molecular weight is 253 g/mol. The molecule has 2 aliphatic carbocycles. The van der Waals surface area contributed by atoms with Gasteiger partial charge >= 0.3 is 5.97 Å². The molecule has 0 amide bonds. The zero-order valence-electron chi connectivity index (χ0n) is 11.6. The summed E-state index contributed by atoms with van der Waals surface area (Å²) in [6.45, 7) is 0. The fourth-order valence-corrected chi connectivity index (χ4v) is 3.82. The van der Waals surface area contributed by atoms with E-state index >= 15 is 0 Å². The molecule has 2 aliphatic rings. The minimum atomic E-state index is -0.583. The van der Waals surface area contributed by atoms with Gasteiger partial charge < -0.3 is 5.11 Å². The Morgan fingerprint density at radius 2 is 1.50 bits per heavy atom. The summed E-state index contributed by atoms with van der Waals surface area (Å²) in [5.41, 5.74) is 0. The van der Waals surface area contributed by atoms with Crippen LogP contribution in [0.1, 0.15) is 64.2 Å². The highest BCUT2D eigenvalue weighted by atomic mass is 16.4. The molecule has 2 saturated carbocycles. The highest BCUT2D eigenvalue weighted by Gasteiger charge is 2.35. The van der Waals surface area contributed by atoms with Gasteiger partial charge in [0.05, 0.1) is 5.92 Å². The SMILES string of the molecule is CN(C1CCCCCC1)C1CCCCC1C(=O)O. The summed E-state index contributed by atoms with van der Waals surface area (Å²) in [6.07, 6.45) is 12.1. The Hall–Kier alpha value is -0.570. The van der Waals surface area contributed by atoms with Gasteiger partial charge in [0.25, 0.3) is 0 Å². The van der Waals surface area contributed by atoms with Crippen molar-refractivity contribution in [3.05, 3.63) is 0 Å². The molecule has 2 fully saturated rings. The molecule has 1 N–H and O–H groups in total. The molecule has 0 spiro atoms. The van der Waals surface area contributed by atoms with Gasteiger partial charge in [0.15, 0.2) is 0 Å². The second kappa shape index (κ2) is 6.55. The molecule has 2 atom stereocenters. The lowest BCUT2D eigenvalue weighted by Gasteiger charge is -2.40. The van der Waals surface area contributed by atoms with Crippen molar-refractivity contribution in [2.45, 2.75) is 76.3 Å². The predicted molar refractivity (Wildman–Crippen MR) is 72.6 cm³/mol. The van der Waals surface area contributed by atoms with Crippen molar-refractivity contribution < 1.29 is 9.90 Å². The van der Waals surface area contributed by atoms with Gasteiger partial charge in [0.2, 0.25) is 0 Å². The molecule has 2 unspecified atom stereocenters. The summed E-state index contributed by atoms with van der Waals surface area (Å²) in [7, 11) is 2.17. The smallest absolute Gasteiger partial charge is 0.308 e. The second-order valence-electron chi connectivity index (χ2n) is 6.11. The van der Waals surface area contributed by atoms with E-state index in [9.17, 15) is 9.90 Å². The normalized spacial score (nSPS) is 31.2. The Labute approximate surface area is 111 Å². The standard InChI is InChI=1S/C15H27NO2/c1-16(12-8-4-2-3-5-9-12)14-11-7-6-10-13(14)15(17)18/h12-14H,2-11H2,1H3,(H,17,18). The van der Waals surface area contributed by atoms with E-state index in [1.807, 2.05) is 0 Å². The van der Waals surface area contributed by atoms with E-state index in [4.69, 9.17) is 0 Å². The third-order valence-electron chi connectivity index (χ3n) is 4.97. The summed E-state index contributed by atoms with van der Waals surface area (Å²) < 4.78 is 0. The van der Waals surface area contributed by atoms with Crippen molar-refractivity contribution >= 4 is 5.97 Å². The van der Waals surface area contributed by atoms with E-state index in [0.29, 0.717) is 6.04 Å². The molecule has 2 rings (SSSR count). The van der Waals surface area contributed by atoms with Gasteiger partial charge in [-0.05, 0) is 32.7 Å². The van der Waals surface area contributed by atoms with Crippen LogP contribution in [0.2, 0.25) is 0 Å². The van der Waals surface area contributed by atoms with E-state index < -0.39 is 5.97 Å². The number of aliphatic carboxylic acids is 1. The van der Waals surface area contributed by atoms with Crippen molar-refractivity contribution in [1.82, 2.24) is 4.90 Å². The average Bonchev–Trinajstić information content (AvgIpc) is 2.66. The fraction of sp³-hybridized carbons (Fsp3) is 0.933. The number of carboxylic acid groups (broad SMARTS) is 1. The van der Waals surface area contributed by atoms with Crippen LogP contribution in [0.5, 0.6) is 0 Å². The molecule has 0 aromatic carbocycles. The maximum Gasteiger partial charge on any atom is 0.308 e. The number of nitrogens with zero attached hydrogens (tertiary/aromatic N) is 1. The molecule has 3 nitrogen and oxygen atoms in total. The first kappa shape index (κ1) is 13.9. The number of carbonyl (C=O) groups is 1. The molecular formula is C15H27NO2. The van der Waals surface area contributed by atoms with Gasteiger partial charge in [-0.3, -0.25) is 9.69 Å². The Bertz CT molecular complexity index is 272. The summed E-state index contributed by atoms with van der Waals surface area (Å²) in [5, 5.41) is 9.38. The van der Waals surface area contributed by atoms with Gasteiger partial charge in [-0.1, -0.05) is 38.5 Å². The Morgan fingerprint density at radius 1 is 0.944 bits per heavy atom. The maximum absolute atomic E-state index is 11.4. The van der Waals surface area contributed by atoms with Crippen LogP contribution in [0.3, 0.4) is 0 Å². The van der Waals surface area contributed by atoms with Gasteiger partial charge in [-0.15, -0.1) is 0 Å². The minimum Gasteiger partial charge on any atom is -0.481 e. The van der Waals surface area contributed by atoms with Gasteiger partial charge in [-0.2, -0.15) is 0 Å². The van der Waals surface area contributed by atoms with Crippen LogP contribution >= 0.6 is 0 Å². The van der Waals surface area contributed by atoms with E-state index in [-0.39, 0.29) is 12.0 Å². The fourth-order valence-electron chi connectivity index (χ4n) is 3.82. The molecule has 0 bridgehead atoms. The Balaban J connectivity index is 2.00. The van der Waals surface area contributed by atoms with E-state index in [1.54, 1.807) is 0 Å². The van der Waals surface area contributed by atoms with Crippen LogP contribution in [0.25, 0.3) is 0 Å². The van der Waals surface area contributed by atoms with Crippen LogP contribution < -0.4 is 0 Å². The molecule has 0 aliphatic heterocycles. The molecule has 0 saturated heterocycles. The van der Waals surface area contributed by atoms with Crippen LogP contribution in [-0.2, 0) is 4.79 Å². The molecule has 18 heavy (non-hydrogen) atoms. The van der Waals surface area contributed by atoms with E-state index in [0.717, 1.165) is 19.3 Å². The first-order valence-corrected chi connectivity index (χ1v) is 7.65. The van der Waals surface area contributed by atoms with Crippen LogP contribution in [0, 0.1) is 5.92 Å². The number of hydrogen-bond acceptors (Lipinski definition) is 2. The Morgan fingerprint density at radius 3 is 2.11 bits per heavy atom.